The number of amides is 10. The van der Waals surface area contributed by atoms with E-state index >= 15 is 0 Å². The van der Waals surface area contributed by atoms with E-state index in [2.05, 4.69) is 21.3 Å². The number of hydrogen-bond acceptors (Lipinski definition) is 21. The summed E-state index contributed by atoms with van der Waals surface area (Å²) in [4.78, 5) is 127. The number of anilines is 2. The smallest absolute Gasteiger partial charge is 0.264 e. The van der Waals surface area contributed by atoms with Crippen molar-refractivity contribution in [1.29, 1.82) is 0 Å². The Kier molecular flexibility index (Phi) is 30.7. The van der Waals surface area contributed by atoms with Gasteiger partial charge in [-0.05, 0) is 62.8 Å². The molecule has 6 rings (SSSR count). The molecule has 4 N–H and O–H groups in total. The number of fused-ring (bicyclic) bond motifs is 2. The molecule has 0 bridgehead atoms. The molecule has 0 spiro atoms. The number of carbonyl (C=O) groups excluding carboxylic acids is 10. The number of imide groups is 4. The van der Waals surface area contributed by atoms with E-state index in [0.29, 0.717) is 158 Å². The summed E-state index contributed by atoms with van der Waals surface area (Å²) in [6.07, 6.45) is 4.73. The van der Waals surface area contributed by atoms with Gasteiger partial charge in [0.1, 0.15) is 12.1 Å². The Balaban J connectivity index is 0.597. The van der Waals surface area contributed by atoms with Crippen molar-refractivity contribution in [3.05, 3.63) is 58.7 Å². The zero-order valence-electron chi connectivity index (χ0n) is 48.1. The fourth-order valence-electron chi connectivity index (χ4n) is 9.30. The summed E-state index contributed by atoms with van der Waals surface area (Å²) in [5.74, 6) is -5.53. The van der Waals surface area contributed by atoms with Gasteiger partial charge in [0.2, 0.25) is 35.4 Å². The Morgan fingerprint density at radius 1 is 0.376 bits per heavy atom. The number of piperidine rings is 2. The molecule has 85 heavy (non-hydrogen) atoms. The zero-order valence-corrected chi connectivity index (χ0v) is 48.1. The van der Waals surface area contributed by atoms with Crippen LogP contribution in [0, 0.1) is 0 Å². The van der Waals surface area contributed by atoms with Crippen LogP contribution in [-0.4, -0.2) is 226 Å². The third-order valence-corrected chi connectivity index (χ3v) is 13.6. The number of ether oxygens (including phenoxy) is 11. The maximum atomic E-state index is 13.2. The van der Waals surface area contributed by atoms with Gasteiger partial charge in [0.05, 0.1) is 166 Å². The average Bonchev–Trinajstić information content (AvgIpc) is 3.20. The predicted octanol–water partition coefficient (Wildman–Crippen LogP) is 2.37. The third-order valence-electron chi connectivity index (χ3n) is 13.6. The topological polar surface area (TPSA) is 327 Å². The molecule has 4 aliphatic rings. The van der Waals surface area contributed by atoms with Gasteiger partial charge in [0.15, 0.2) is 0 Å². The monoisotopic (exact) mass is 1200 g/mol. The van der Waals surface area contributed by atoms with Gasteiger partial charge in [-0.2, -0.15) is 0 Å². The molecule has 2 aromatic rings. The van der Waals surface area contributed by atoms with Crippen LogP contribution in [0.4, 0.5) is 11.4 Å². The first kappa shape index (κ1) is 67.6. The van der Waals surface area contributed by atoms with Crippen LogP contribution in [0.1, 0.15) is 118 Å². The molecule has 468 valence electrons. The van der Waals surface area contributed by atoms with Gasteiger partial charge in [-0.1, -0.05) is 25.0 Å². The van der Waals surface area contributed by atoms with Crippen molar-refractivity contribution in [2.75, 3.05) is 156 Å². The van der Waals surface area contributed by atoms with Crippen molar-refractivity contribution < 1.29 is 100 Å². The fourth-order valence-corrected chi connectivity index (χ4v) is 9.30. The van der Waals surface area contributed by atoms with Crippen molar-refractivity contribution in [3.63, 3.8) is 0 Å². The van der Waals surface area contributed by atoms with E-state index in [9.17, 15) is 47.9 Å². The second kappa shape index (κ2) is 38.5. The summed E-state index contributed by atoms with van der Waals surface area (Å²) in [5, 5.41) is 9.80. The number of hydrogen-bond donors (Lipinski definition) is 4. The highest BCUT2D eigenvalue weighted by Crippen LogP contribution is 2.34. The van der Waals surface area contributed by atoms with Crippen molar-refractivity contribution in [1.82, 2.24) is 20.4 Å². The van der Waals surface area contributed by atoms with E-state index in [-0.39, 0.29) is 84.0 Å². The highest BCUT2D eigenvalue weighted by atomic mass is 16.6. The lowest BCUT2D eigenvalue weighted by Crippen LogP contribution is -2.54. The van der Waals surface area contributed by atoms with Crippen LogP contribution in [0.2, 0.25) is 0 Å². The Morgan fingerprint density at radius 3 is 0.941 bits per heavy atom. The Labute approximate surface area is 493 Å². The summed E-state index contributed by atoms with van der Waals surface area (Å²) >= 11 is 0. The number of nitrogens with zero attached hydrogens (tertiary/aromatic N) is 2. The molecule has 4 heterocycles. The first-order chi connectivity index (χ1) is 41.5. The van der Waals surface area contributed by atoms with Crippen molar-refractivity contribution >= 4 is 70.4 Å². The number of unbranched alkanes of at least 4 members (excludes halogenated alkanes) is 4. The molecule has 27 heteroatoms. The number of nitrogens with one attached hydrogen (secondary N) is 4. The van der Waals surface area contributed by atoms with Gasteiger partial charge in [0.25, 0.3) is 23.6 Å². The lowest BCUT2D eigenvalue weighted by atomic mass is 10.0. The van der Waals surface area contributed by atoms with Gasteiger partial charge < -0.3 is 62.7 Å². The maximum Gasteiger partial charge on any atom is 0.264 e. The van der Waals surface area contributed by atoms with E-state index < -0.39 is 59.3 Å². The van der Waals surface area contributed by atoms with Gasteiger partial charge in [0, 0.05) is 38.9 Å². The summed E-state index contributed by atoms with van der Waals surface area (Å²) in [7, 11) is 0. The molecule has 2 aromatic carbocycles. The number of carbonyl (C=O) groups is 10. The molecule has 4 aliphatic heterocycles. The summed E-state index contributed by atoms with van der Waals surface area (Å²) in [6, 6.07) is 6.99. The standard InChI is InChI=1S/C58H80N6O21/c65-47(59-43-11-7-9-41-51(43)57(73)63(55(41)71)45-15-17-49(67)61-53(45)69)13-3-1-5-19-75-21-23-77-25-27-79-29-31-81-33-35-83-37-39-85-40-38-84-36-34-82-32-30-80-28-26-78-24-22-76-20-6-2-4-14-48(66)60-44-12-8-10-42-52(44)58(74)64(56(42)72)46-16-18-50(68)62-54(46)70/h7-12,45-46H,1-6,13-40H2,(H,59,65)(H,60,66)(H,61,67,69)(H,62,68,70). The minimum Gasteiger partial charge on any atom is -0.379 e. The molecular formula is C58H80N6O21. The van der Waals surface area contributed by atoms with Crippen LogP contribution in [-0.2, 0) is 80.9 Å². The van der Waals surface area contributed by atoms with Crippen LogP contribution in [0.25, 0.3) is 0 Å². The Bertz CT molecular complexity index is 2380. The largest absolute Gasteiger partial charge is 0.379 e. The van der Waals surface area contributed by atoms with E-state index in [1.165, 1.54) is 12.1 Å². The zero-order chi connectivity index (χ0) is 60.4. The van der Waals surface area contributed by atoms with E-state index in [4.69, 9.17) is 52.1 Å². The number of rotatable bonds is 46. The van der Waals surface area contributed by atoms with E-state index in [1.807, 2.05) is 0 Å². The summed E-state index contributed by atoms with van der Waals surface area (Å²) in [6.45, 7) is 9.70. The normalized spacial score (nSPS) is 16.8. The average molecular weight is 1200 g/mol. The lowest BCUT2D eigenvalue weighted by Gasteiger charge is -2.27. The molecule has 2 atom stereocenters. The minimum absolute atomic E-state index is 0.0178. The van der Waals surface area contributed by atoms with E-state index in [1.54, 1.807) is 24.3 Å². The van der Waals surface area contributed by atoms with Crippen molar-refractivity contribution in [2.24, 2.45) is 0 Å². The van der Waals surface area contributed by atoms with Gasteiger partial charge in [-0.25, -0.2) is 0 Å². The lowest BCUT2D eigenvalue weighted by molar-refractivity contribution is -0.137. The van der Waals surface area contributed by atoms with E-state index in [0.717, 1.165) is 35.5 Å². The fraction of sp³-hybridized carbons (Fsp3) is 0.621. The predicted molar refractivity (Wildman–Crippen MR) is 299 cm³/mol. The molecular weight excluding hydrogens is 1120 g/mol. The van der Waals surface area contributed by atoms with Crippen molar-refractivity contribution in [3.8, 4) is 0 Å². The van der Waals surface area contributed by atoms with Crippen molar-refractivity contribution in [2.45, 2.75) is 89.1 Å². The maximum absolute atomic E-state index is 13.2. The highest BCUT2D eigenvalue weighted by molar-refractivity contribution is 6.27. The first-order valence-corrected chi connectivity index (χ1v) is 29.1. The van der Waals surface area contributed by atoms with Gasteiger partial charge in [-0.15, -0.1) is 0 Å². The molecule has 10 amide bonds. The van der Waals surface area contributed by atoms with Crippen LogP contribution in [0.3, 0.4) is 0 Å². The first-order valence-electron chi connectivity index (χ1n) is 29.1. The molecule has 0 saturated carbocycles. The SMILES string of the molecule is O=C1CCC(N2C(=O)c3cccc(NC(=O)CCCCCOCCOCCOCCOCCOCCOCCOCCOCCOCCOCCOCCCCCC(=O)Nc4cccc5c4C(=O)N(C4CCC(=O)NC4=O)C5=O)c3C2=O)C(=O)N1. The van der Waals surface area contributed by atoms with Crippen LogP contribution in [0.5, 0.6) is 0 Å². The number of benzene rings is 2. The second-order valence-corrected chi connectivity index (χ2v) is 19.8. The van der Waals surface area contributed by atoms with Crippen LogP contribution >= 0.6 is 0 Å². The molecule has 2 unspecified atom stereocenters. The Morgan fingerprint density at radius 2 is 0.659 bits per heavy atom. The minimum atomic E-state index is -1.09. The highest BCUT2D eigenvalue weighted by Gasteiger charge is 2.47. The molecule has 0 aromatic heterocycles. The molecule has 0 radical (unpaired) electrons. The molecule has 27 nitrogen and oxygen atoms in total. The van der Waals surface area contributed by atoms with Crippen LogP contribution in [0.15, 0.2) is 36.4 Å². The summed E-state index contributed by atoms with van der Waals surface area (Å²) in [5.41, 5.74) is 0.700. The van der Waals surface area contributed by atoms with Crippen LogP contribution < -0.4 is 21.3 Å². The Hall–Kier alpha value is -6.50. The molecule has 2 saturated heterocycles. The molecule has 2 fully saturated rings. The molecule has 0 aliphatic carbocycles. The summed E-state index contributed by atoms with van der Waals surface area (Å²) < 4.78 is 60.9. The third kappa shape index (κ3) is 22.7. The van der Waals surface area contributed by atoms with Gasteiger partial charge >= 0.3 is 0 Å². The second-order valence-electron chi connectivity index (χ2n) is 19.8. The quantitative estimate of drug-likeness (QED) is 0.0546. The van der Waals surface area contributed by atoms with Gasteiger partial charge in [-0.3, -0.25) is 68.4 Å².